The van der Waals surface area contributed by atoms with Gasteiger partial charge >= 0.3 is 0 Å². The van der Waals surface area contributed by atoms with Crippen LogP contribution >= 0.6 is 11.8 Å². The number of hydrogen-bond acceptors (Lipinski definition) is 4. The molecule has 0 radical (unpaired) electrons. The fourth-order valence-corrected chi connectivity index (χ4v) is 2.94. The number of anilines is 1. The second kappa shape index (κ2) is 6.45. The van der Waals surface area contributed by atoms with E-state index >= 15 is 0 Å². The highest BCUT2D eigenvalue weighted by atomic mass is 32.2. The molecule has 1 atom stereocenters. The Morgan fingerprint density at radius 3 is 2.78 bits per heavy atom. The summed E-state index contributed by atoms with van der Waals surface area (Å²) < 4.78 is 37.2. The average molecular weight is 337 g/mol. The molecule has 0 saturated heterocycles. The van der Waals surface area contributed by atoms with Crippen molar-refractivity contribution in [3.63, 3.8) is 0 Å². The number of benzene rings is 2. The first-order chi connectivity index (χ1) is 11.0. The molecule has 0 bridgehead atoms. The molecule has 0 spiro atoms. The van der Waals surface area contributed by atoms with Gasteiger partial charge in [0.05, 0.1) is 5.25 Å². The van der Waals surface area contributed by atoms with Gasteiger partial charge in [0.2, 0.25) is 12.7 Å². The van der Waals surface area contributed by atoms with E-state index in [0.717, 1.165) is 30.0 Å². The zero-order valence-corrected chi connectivity index (χ0v) is 13.0. The maximum Gasteiger partial charge on any atom is 0.237 e. The van der Waals surface area contributed by atoms with Crippen LogP contribution < -0.4 is 14.8 Å². The minimum Gasteiger partial charge on any atom is -0.454 e. The first-order valence-corrected chi connectivity index (χ1v) is 7.73. The summed E-state index contributed by atoms with van der Waals surface area (Å²) in [5, 5.41) is 2.11. The molecule has 1 N–H and O–H groups in total. The van der Waals surface area contributed by atoms with Crippen LogP contribution in [0, 0.1) is 11.6 Å². The molecule has 120 valence electrons. The van der Waals surface area contributed by atoms with Crippen molar-refractivity contribution in [2.24, 2.45) is 0 Å². The highest BCUT2D eigenvalue weighted by Gasteiger charge is 2.19. The number of carbonyl (C=O) groups is 1. The number of rotatable bonds is 4. The molecule has 0 fully saturated rings. The van der Waals surface area contributed by atoms with Crippen molar-refractivity contribution < 1.29 is 23.0 Å². The first kappa shape index (κ1) is 15.6. The molecular formula is C16H13F2NO3S. The molecule has 1 amide bonds. The Morgan fingerprint density at radius 2 is 1.96 bits per heavy atom. The Labute approximate surface area is 135 Å². The topological polar surface area (TPSA) is 47.6 Å². The zero-order valence-electron chi connectivity index (χ0n) is 12.1. The Balaban J connectivity index is 1.67. The SMILES string of the molecule is C[C@H](Sc1cc(F)ccc1F)C(=O)Nc1ccc2c(c1)OCO2. The summed E-state index contributed by atoms with van der Waals surface area (Å²) in [6.07, 6.45) is 0. The summed E-state index contributed by atoms with van der Waals surface area (Å²) in [5.74, 6) is -0.250. The molecule has 2 aromatic rings. The van der Waals surface area contributed by atoms with Gasteiger partial charge in [0.1, 0.15) is 11.6 Å². The molecule has 1 aliphatic heterocycles. The number of hydrogen-bond donors (Lipinski definition) is 1. The van der Waals surface area contributed by atoms with Gasteiger partial charge in [0.15, 0.2) is 11.5 Å². The Hall–Kier alpha value is -2.28. The Bertz CT molecular complexity index is 754. The average Bonchev–Trinajstić information content (AvgIpc) is 2.98. The number of fused-ring (bicyclic) bond motifs is 1. The van der Waals surface area contributed by atoms with Crippen LogP contribution in [0.4, 0.5) is 14.5 Å². The van der Waals surface area contributed by atoms with Gasteiger partial charge in [0.25, 0.3) is 0 Å². The van der Waals surface area contributed by atoms with Gasteiger partial charge in [-0.15, -0.1) is 11.8 Å². The fourth-order valence-electron chi connectivity index (χ4n) is 2.03. The third-order valence-electron chi connectivity index (χ3n) is 3.21. The molecule has 2 aromatic carbocycles. The number of ether oxygens (including phenoxy) is 2. The van der Waals surface area contributed by atoms with Crippen molar-refractivity contribution in [3.8, 4) is 11.5 Å². The molecule has 0 aromatic heterocycles. The monoisotopic (exact) mass is 337 g/mol. The van der Waals surface area contributed by atoms with E-state index < -0.39 is 16.9 Å². The van der Waals surface area contributed by atoms with Gasteiger partial charge in [-0.2, -0.15) is 0 Å². The van der Waals surface area contributed by atoms with Crippen LogP contribution in [-0.4, -0.2) is 18.0 Å². The number of halogens is 2. The number of thioether (sulfide) groups is 1. The highest BCUT2D eigenvalue weighted by Crippen LogP contribution is 2.34. The summed E-state index contributed by atoms with van der Waals surface area (Å²) >= 11 is 0.954. The van der Waals surface area contributed by atoms with Crippen molar-refractivity contribution in [2.75, 3.05) is 12.1 Å². The predicted octanol–water partition coefficient (Wildman–Crippen LogP) is 3.81. The van der Waals surface area contributed by atoms with E-state index in [0.29, 0.717) is 17.2 Å². The van der Waals surface area contributed by atoms with E-state index in [1.54, 1.807) is 25.1 Å². The van der Waals surface area contributed by atoms with E-state index in [-0.39, 0.29) is 17.6 Å². The molecule has 4 nitrogen and oxygen atoms in total. The largest absolute Gasteiger partial charge is 0.454 e. The number of nitrogens with one attached hydrogen (secondary N) is 1. The predicted molar refractivity (Wildman–Crippen MR) is 82.9 cm³/mol. The Morgan fingerprint density at radius 1 is 1.17 bits per heavy atom. The normalized spacial score (nSPS) is 13.7. The van der Waals surface area contributed by atoms with E-state index in [2.05, 4.69) is 5.32 Å². The van der Waals surface area contributed by atoms with E-state index in [9.17, 15) is 13.6 Å². The van der Waals surface area contributed by atoms with Gasteiger partial charge in [0, 0.05) is 16.6 Å². The van der Waals surface area contributed by atoms with Crippen molar-refractivity contribution in [1.82, 2.24) is 0 Å². The third kappa shape index (κ3) is 3.56. The van der Waals surface area contributed by atoms with Crippen molar-refractivity contribution in [1.29, 1.82) is 0 Å². The molecule has 0 aliphatic carbocycles. The van der Waals surface area contributed by atoms with E-state index in [1.165, 1.54) is 0 Å². The quantitative estimate of drug-likeness (QED) is 0.862. The lowest BCUT2D eigenvalue weighted by Crippen LogP contribution is -2.22. The van der Waals surface area contributed by atoms with E-state index in [1.807, 2.05) is 0 Å². The smallest absolute Gasteiger partial charge is 0.237 e. The highest BCUT2D eigenvalue weighted by molar-refractivity contribution is 8.00. The summed E-state index contributed by atoms with van der Waals surface area (Å²) in [6, 6.07) is 8.19. The number of carbonyl (C=O) groups excluding carboxylic acids is 1. The van der Waals surface area contributed by atoms with Crippen LogP contribution in [0.25, 0.3) is 0 Å². The van der Waals surface area contributed by atoms with Gasteiger partial charge < -0.3 is 14.8 Å². The zero-order chi connectivity index (χ0) is 16.4. The van der Waals surface area contributed by atoms with Crippen LogP contribution in [0.15, 0.2) is 41.3 Å². The minimum absolute atomic E-state index is 0.0957. The molecule has 1 heterocycles. The summed E-state index contributed by atoms with van der Waals surface area (Å²) in [4.78, 5) is 12.3. The summed E-state index contributed by atoms with van der Waals surface area (Å²) in [7, 11) is 0. The molecule has 0 saturated carbocycles. The second-order valence-corrected chi connectivity index (χ2v) is 6.27. The van der Waals surface area contributed by atoms with Crippen LogP contribution in [0.2, 0.25) is 0 Å². The standard InChI is InChI=1S/C16H13F2NO3S/c1-9(23-15-6-10(17)2-4-12(15)18)16(20)19-11-3-5-13-14(7-11)22-8-21-13/h2-7,9H,8H2,1H3,(H,19,20)/t9-/m0/s1. The van der Waals surface area contributed by atoms with Crippen molar-refractivity contribution in [2.45, 2.75) is 17.1 Å². The maximum absolute atomic E-state index is 13.6. The molecule has 3 rings (SSSR count). The third-order valence-corrected chi connectivity index (χ3v) is 4.34. The van der Waals surface area contributed by atoms with Crippen molar-refractivity contribution >= 4 is 23.4 Å². The molecule has 23 heavy (non-hydrogen) atoms. The summed E-state index contributed by atoms with van der Waals surface area (Å²) in [6.45, 7) is 1.77. The van der Waals surface area contributed by atoms with Gasteiger partial charge in [-0.05, 0) is 37.3 Å². The minimum atomic E-state index is -0.600. The van der Waals surface area contributed by atoms with Crippen LogP contribution in [0.3, 0.4) is 0 Å². The van der Waals surface area contributed by atoms with E-state index in [4.69, 9.17) is 9.47 Å². The fraction of sp³-hybridized carbons (Fsp3) is 0.188. The first-order valence-electron chi connectivity index (χ1n) is 6.85. The molecular weight excluding hydrogens is 324 g/mol. The Kier molecular flexibility index (Phi) is 4.38. The van der Waals surface area contributed by atoms with Crippen LogP contribution in [-0.2, 0) is 4.79 Å². The number of amides is 1. The lowest BCUT2D eigenvalue weighted by Gasteiger charge is -2.13. The lowest BCUT2D eigenvalue weighted by molar-refractivity contribution is -0.115. The maximum atomic E-state index is 13.6. The second-order valence-electron chi connectivity index (χ2n) is 4.89. The molecule has 1 aliphatic rings. The molecule has 0 unspecified atom stereocenters. The summed E-state index contributed by atoms with van der Waals surface area (Å²) in [5.41, 5.74) is 0.548. The van der Waals surface area contributed by atoms with Gasteiger partial charge in [-0.25, -0.2) is 8.78 Å². The van der Waals surface area contributed by atoms with Crippen LogP contribution in [0.5, 0.6) is 11.5 Å². The van der Waals surface area contributed by atoms with Gasteiger partial charge in [-0.3, -0.25) is 4.79 Å². The van der Waals surface area contributed by atoms with Crippen molar-refractivity contribution in [3.05, 3.63) is 48.0 Å². The van der Waals surface area contributed by atoms with Crippen LogP contribution in [0.1, 0.15) is 6.92 Å². The molecule has 7 heteroatoms. The lowest BCUT2D eigenvalue weighted by atomic mass is 10.2. The van der Waals surface area contributed by atoms with Gasteiger partial charge in [-0.1, -0.05) is 0 Å².